The van der Waals surface area contributed by atoms with Crippen molar-refractivity contribution >= 4 is 17.1 Å². The SMILES string of the molecule is CCC(=O)N1CCC[C@@H](c2nn(CCOc3ccccc3)c3nccnc23)C1. The highest BCUT2D eigenvalue weighted by Gasteiger charge is 2.28. The number of benzene rings is 1. The van der Waals surface area contributed by atoms with Crippen molar-refractivity contribution in [1.29, 1.82) is 0 Å². The maximum atomic E-state index is 12.1. The molecular formula is C21H25N5O2. The van der Waals surface area contributed by atoms with Gasteiger partial charge in [0, 0.05) is 37.8 Å². The molecule has 1 fully saturated rings. The summed E-state index contributed by atoms with van der Waals surface area (Å²) in [6, 6.07) is 9.75. The van der Waals surface area contributed by atoms with Crippen molar-refractivity contribution in [2.45, 2.75) is 38.6 Å². The van der Waals surface area contributed by atoms with E-state index in [0.717, 1.165) is 42.0 Å². The van der Waals surface area contributed by atoms with Gasteiger partial charge in [-0.1, -0.05) is 25.1 Å². The fraction of sp³-hybridized carbons (Fsp3) is 0.429. The summed E-state index contributed by atoms with van der Waals surface area (Å²) < 4.78 is 7.69. The molecule has 0 radical (unpaired) electrons. The lowest BCUT2D eigenvalue weighted by Crippen LogP contribution is -2.38. The molecule has 1 aromatic carbocycles. The summed E-state index contributed by atoms with van der Waals surface area (Å²) in [5.74, 6) is 1.24. The number of likely N-dealkylation sites (tertiary alicyclic amines) is 1. The predicted molar refractivity (Wildman–Crippen MR) is 106 cm³/mol. The zero-order valence-electron chi connectivity index (χ0n) is 16.1. The summed E-state index contributed by atoms with van der Waals surface area (Å²) in [6.07, 6.45) is 5.93. The van der Waals surface area contributed by atoms with Gasteiger partial charge >= 0.3 is 0 Å². The predicted octanol–water partition coefficient (Wildman–Crippen LogP) is 3.02. The van der Waals surface area contributed by atoms with Crippen LogP contribution in [0.5, 0.6) is 5.75 Å². The van der Waals surface area contributed by atoms with E-state index in [2.05, 4.69) is 9.97 Å². The second-order valence-corrected chi connectivity index (χ2v) is 7.03. The molecule has 2 aromatic heterocycles. The Morgan fingerprint density at radius 2 is 2.04 bits per heavy atom. The van der Waals surface area contributed by atoms with Crippen LogP contribution in [0.1, 0.15) is 37.8 Å². The van der Waals surface area contributed by atoms with Gasteiger partial charge in [0.25, 0.3) is 0 Å². The van der Waals surface area contributed by atoms with Crippen molar-refractivity contribution < 1.29 is 9.53 Å². The summed E-state index contributed by atoms with van der Waals surface area (Å²) in [6.45, 7) is 4.54. The Bertz CT molecular complexity index is 940. The number of carbonyl (C=O) groups excluding carboxylic acids is 1. The van der Waals surface area contributed by atoms with E-state index in [9.17, 15) is 4.79 Å². The highest BCUT2D eigenvalue weighted by Crippen LogP contribution is 2.30. The van der Waals surface area contributed by atoms with Crippen LogP contribution in [0.25, 0.3) is 11.2 Å². The molecule has 1 amide bonds. The van der Waals surface area contributed by atoms with E-state index in [1.807, 2.05) is 46.8 Å². The van der Waals surface area contributed by atoms with Crippen LogP contribution in [0.3, 0.4) is 0 Å². The molecule has 0 unspecified atom stereocenters. The number of nitrogens with zero attached hydrogens (tertiary/aromatic N) is 5. The van der Waals surface area contributed by atoms with Crippen LogP contribution < -0.4 is 4.74 Å². The first-order valence-electron chi connectivity index (χ1n) is 9.89. The van der Waals surface area contributed by atoms with Crippen molar-refractivity contribution in [2.24, 2.45) is 0 Å². The Morgan fingerprint density at radius 3 is 2.86 bits per heavy atom. The first-order valence-corrected chi connectivity index (χ1v) is 9.89. The number of hydrogen-bond donors (Lipinski definition) is 0. The van der Waals surface area contributed by atoms with Crippen LogP contribution in [-0.4, -0.2) is 50.3 Å². The lowest BCUT2D eigenvalue weighted by molar-refractivity contribution is -0.132. The van der Waals surface area contributed by atoms with Crippen LogP contribution in [0, 0.1) is 0 Å². The van der Waals surface area contributed by atoms with Gasteiger partial charge in [0.2, 0.25) is 5.91 Å². The minimum Gasteiger partial charge on any atom is -0.492 e. The van der Waals surface area contributed by atoms with E-state index in [1.165, 1.54) is 0 Å². The Kier molecular flexibility index (Phi) is 5.50. The molecule has 0 saturated carbocycles. The Morgan fingerprint density at radius 1 is 1.21 bits per heavy atom. The molecule has 3 aromatic rings. The Hall–Kier alpha value is -2.96. The Balaban J connectivity index is 1.53. The highest BCUT2D eigenvalue weighted by atomic mass is 16.5. The van der Waals surface area contributed by atoms with Crippen molar-refractivity contribution in [3.63, 3.8) is 0 Å². The lowest BCUT2D eigenvalue weighted by Gasteiger charge is -2.31. The van der Waals surface area contributed by atoms with Gasteiger partial charge in [-0.15, -0.1) is 0 Å². The van der Waals surface area contributed by atoms with E-state index in [4.69, 9.17) is 9.84 Å². The molecule has 0 N–H and O–H groups in total. The second kappa shape index (κ2) is 8.37. The Labute approximate surface area is 164 Å². The molecule has 7 nitrogen and oxygen atoms in total. The van der Waals surface area contributed by atoms with Crippen molar-refractivity contribution in [3.8, 4) is 5.75 Å². The number of hydrogen-bond acceptors (Lipinski definition) is 5. The van der Waals surface area contributed by atoms with Crippen molar-refractivity contribution in [3.05, 3.63) is 48.4 Å². The molecular weight excluding hydrogens is 354 g/mol. The minimum absolute atomic E-state index is 0.194. The average molecular weight is 379 g/mol. The molecule has 7 heteroatoms. The van der Waals surface area contributed by atoms with Crippen LogP contribution in [-0.2, 0) is 11.3 Å². The molecule has 28 heavy (non-hydrogen) atoms. The third-order valence-corrected chi connectivity index (χ3v) is 5.17. The summed E-state index contributed by atoms with van der Waals surface area (Å²) in [5.41, 5.74) is 2.54. The van der Waals surface area contributed by atoms with Crippen LogP contribution in [0.4, 0.5) is 0 Å². The quantitative estimate of drug-likeness (QED) is 0.658. The third-order valence-electron chi connectivity index (χ3n) is 5.17. The number of carbonyl (C=O) groups is 1. The minimum atomic E-state index is 0.194. The first-order chi connectivity index (χ1) is 13.8. The molecule has 1 aliphatic rings. The first kappa shape index (κ1) is 18.4. The van der Waals surface area contributed by atoms with Gasteiger partial charge in [0.05, 0.1) is 12.2 Å². The van der Waals surface area contributed by atoms with E-state index in [0.29, 0.717) is 26.1 Å². The zero-order chi connectivity index (χ0) is 19.3. The van der Waals surface area contributed by atoms with Gasteiger partial charge in [0.1, 0.15) is 17.9 Å². The van der Waals surface area contributed by atoms with Crippen LogP contribution in [0.15, 0.2) is 42.7 Å². The highest BCUT2D eigenvalue weighted by molar-refractivity contribution is 5.77. The van der Waals surface area contributed by atoms with Gasteiger partial charge in [-0.2, -0.15) is 5.10 Å². The van der Waals surface area contributed by atoms with Gasteiger partial charge < -0.3 is 9.64 Å². The molecule has 3 heterocycles. The summed E-state index contributed by atoms with van der Waals surface area (Å²) in [7, 11) is 0. The number of aromatic nitrogens is 4. The van der Waals surface area contributed by atoms with E-state index >= 15 is 0 Å². The molecule has 4 rings (SSSR count). The summed E-state index contributed by atoms with van der Waals surface area (Å²) in [5, 5.41) is 4.84. The van der Waals surface area contributed by atoms with Gasteiger partial charge in [-0.3, -0.25) is 4.79 Å². The number of para-hydroxylation sites is 1. The monoisotopic (exact) mass is 379 g/mol. The summed E-state index contributed by atoms with van der Waals surface area (Å²) >= 11 is 0. The number of ether oxygens (including phenoxy) is 1. The number of amides is 1. The lowest BCUT2D eigenvalue weighted by atomic mass is 9.94. The van der Waals surface area contributed by atoms with E-state index in [1.54, 1.807) is 12.4 Å². The molecule has 0 aliphatic carbocycles. The largest absolute Gasteiger partial charge is 0.492 e. The normalized spacial score (nSPS) is 17.0. The fourth-order valence-electron chi connectivity index (χ4n) is 3.77. The van der Waals surface area contributed by atoms with Gasteiger partial charge in [-0.25, -0.2) is 14.6 Å². The van der Waals surface area contributed by atoms with E-state index < -0.39 is 0 Å². The molecule has 0 bridgehead atoms. The van der Waals surface area contributed by atoms with Gasteiger partial charge in [-0.05, 0) is 25.0 Å². The number of rotatable bonds is 6. The average Bonchev–Trinajstić information content (AvgIpc) is 3.13. The molecule has 146 valence electrons. The van der Waals surface area contributed by atoms with Crippen molar-refractivity contribution in [1.82, 2.24) is 24.6 Å². The van der Waals surface area contributed by atoms with Crippen LogP contribution >= 0.6 is 0 Å². The molecule has 1 aliphatic heterocycles. The number of piperidine rings is 1. The van der Waals surface area contributed by atoms with E-state index in [-0.39, 0.29) is 11.8 Å². The molecule has 1 saturated heterocycles. The van der Waals surface area contributed by atoms with Crippen molar-refractivity contribution in [2.75, 3.05) is 19.7 Å². The molecule has 0 spiro atoms. The third kappa shape index (κ3) is 3.83. The fourth-order valence-corrected chi connectivity index (χ4v) is 3.77. The topological polar surface area (TPSA) is 73.1 Å². The molecule has 1 atom stereocenters. The maximum Gasteiger partial charge on any atom is 0.222 e. The summed E-state index contributed by atoms with van der Waals surface area (Å²) in [4.78, 5) is 23.1. The van der Waals surface area contributed by atoms with Gasteiger partial charge in [0.15, 0.2) is 5.65 Å². The van der Waals surface area contributed by atoms with Crippen LogP contribution in [0.2, 0.25) is 0 Å². The number of fused-ring (bicyclic) bond motifs is 1. The smallest absolute Gasteiger partial charge is 0.222 e. The maximum absolute atomic E-state index is 12.1. The second-order valence-electron chi connectivity index (χ2n) is 7.03. The standard InChI is InChI=1S/C21H25N5O2/c1-2-18(27)25-12-6-7-16(15-25)19-20-21(23-11-10-22-20)26(24-19)13-14-28-17-8-4-3-5-9-17/h3-5,8-11,16H,2,6-7,12-15H2,1H3/t16-/m1/s1. The zero-order valence-corrected chi connectivity index (χ0v) is 16.1.